The molecule has 0 saturated heterocycles. The second-order valence-electron chi connectivity index (χ2n) is 3.70. The summed E-state index contributed by atoms with van der Waals surface area (Å²) in [6.45, 7) is 0. The van der Waals surface area contributed by atoms with E-state index in [0.29, 0.717) is 0 Å². The summed E-state index contributed by atoms with van der Waals surface area (Å²) in [7, 11) is 0. The Bertz CT molecular complexity index is 615. The third-order valence-corrected chi connectivity index (χ3v) is 2.36. The number of nitro groups is 1. The number of nitrogens with one attached hydrogen (secondary N) is 1. The molecule has 0 fully saturated rings. The Morgan fingerprint density at radius 1 is 1.21 bits per heavy atom. The van der Waals surface area contributed by atoms with Crippen molar-refractivity contribution in [3.8, 4) is 0 Å². The third-order valence-electron chi connectivity index (χ3n) is 2.36. The SMILES string of the molecule is O=[N+]([O-])c1ccc(N/N=C\c2ccccc2)c(F)c1. The molecule has 0 aliphatic carbocycles. The highest BCUT2D eigenvalue weighted by molar-refractivity contribution is 5.80. The van der Waals surface area contributed by atoms with Crippen LogP contribution >= 0.6 is 0 Å². The van der Waals surface area contributed by atoms with Gasteiger partial charge in [-0.15, -0.1) is 0 Å². The summed E-state index contributed by atoms with van der Waals surface area (Å²) >= 11 is 0. The minimum Gasteiger partial charge on any atom is -0.276 e. The van der Waals surface area contributed by atoms with Crippen LogP contribution < -0.4 is 5.43 Å². The number of nitro benzene ring substituents is 1. The smallest absolute Gasteiger partial charge is 0.272 e. The topological polar surface area (TPSA) is 67.5 Å². The first-order chi connectivity index (χ1) is 9.16. The quantitative estimate of drug-likeness (QED) is 0.521. The van der Waals surface area contributed by atoms with E-state index in [4.69, 9.17) is 0 Å². The zero-order valence-electron chi connectivity index (χ0n) is 9.79. The van der Waals surface area contributed by atoms with Gasteiger partial charge in [0.1, 0.15) is 0 Å². The number of hydrogen-bond acceptors (Lipinski definition) is 4. The first-order valence-electron chi connectivity index (χ1n) is 5.45. The Hall–Kier alpha value is -2.76. The molecule has 0 radical (unpaired) electrons. The van der Waals surface area contributed by atoms with E-state index < -0.39 is 10.7 Å². The van der Waals surface area contributed by atoms with Gasteiger partial charge >= 0.3 is 0 Å². The summed E-state index contributed by atoms with van der Waals surface area (Å²) in [6.07, 6.45) is 1.53. The molecule has 0 aromatic heterocycles. The molecular weight excluding hydrogens is 249 g/mol. The van der Waals surface area contributed by atoms with Gasteiger partial charge < -0.3 is 0 Å². The molecule has 19 heavy (non-hydrogen) atoms. The van der Waals surface area contributed by atoms with Gasteiger partial charge in [-0.3, -0.25) is 15.5 Å². The summed E-state index contributed by atoms with van der Waals surface area (Å²) in [4.78, 5) is 9.80. The van der Waals surface area contributed by atoms with Crippen LogP contribution in [-0.4, -0.2) is 11.1 Å². The molecule has 0 aliphatic rings. The number of anilines is 1. The van der Waals surface area contributed by atoms with Gasteiger partial charge in [-0.25, -0.2) is 4.39 Å². The monoisotopic (exact) mass is 259 g/mol. The van der Waals surface area contributed by atoms with Crippen molar-refractivity contribution in [3.63, 3.8) is 0 Å². The van der Waals surface area contributed by atoms with Crippen LogP contribution in [0.2, 0.25) is 0 Å². The van der Waals surface area contributed by atoms with Crippen molar-refractivity contribution in [3.05, 3.63) is 70.0 Å². The molecule has 0 atom stereocenters. The largest absolute Gasteiger partial charge is 0.276 e. The molecule has 0 amide bonds. The van der Waals surface area contributed by atoms with Crippen LogP contribution in [0.3, 0.4) is 0 Å². The van der Waals surface area contributed by atoms with Crippen molar-refractivity contribution in [1.29, 1.82) is 0 Å². The average molecular weight is 259 g/mol. The van der Waals surface area contributed by atoms with E-state index in [0.717, 1.165) is 11.6 Å². The Kier molecular flexibility index (Phi) is 3.82. The predicted molar refractivity (Wildman–Crippen MR) is 70.7 cm³/mol. The Morgan fingerprint density at radius 2 is 1.95 bits per heavy atom. The zero-order valence-corrected chi connectivity index (χ0v) is 9.79. The van der Waals surface area contributed by atoms with Crippen molar-refractivity contribution in [1.82, 2.24) is 0 Å². The van der Waals surface area contributed by atoms with Crippen LogP contribution in [-0.2, 0) is 0 Å². The van der Waals surface area contributed by atoms with Crippen LogP contribution in [0.1, 0.15) is 5.56 Å². The van der Waals surface area contributed by atoms with E-state index in [2.05, 4.69) is 10.5 Å². The second kappa shape index (κ2) is 5.72. The molecule has 2 rings (SSSR count). The molecule has 2 aromatic carbocycles. The van der Waals surface area contributed by atoms with Crippen LogP contribution in [0.4, 0.5) is 15.8 Å². The van der Waals surface area contributed by atoms with Gasteiger partial charge in [-0.05, 0) is 11.6 Å². The van der Waals surface area contributed by atoms with E-state index in [1.165, 1.54) is 18.3 Å². The predicted octanol–water partition coefficient (Wildman–Crippen LogP) is 3.18. The Balaban J connectivity index is 2.08. The number of hydrogen-bond donors (Lipinski definition) is 1. The normalized spacial score (nSPS) is 10.6. The fourth-order valence-electron chi connectivity index (χ4n) is 1.42. The molecule has 6 heteroatoms. The molecule has 0 saturated carbocycles. The van der Waals surface area contributed by atoms with Crippen LogP contribution in [0.5, 0.6) is 0 Å². The highest BCUT2D eigenvalue weighted by atomic mass is 19.1. The van der Waals surface area contributed by atoms with E-state index in [-0.39, 0.29) is 11.4 Å². The van der Waals surface area contributed by atoms with Crippen molar-refractivity contribution in [2.24, 2.45) is 5.10 Å². The number of non-ortho nitro benzene ring substituents is 1. The molecule has 1 N–H and O–H groups in total. The minimum absolute atomic E-state index is 0.0813. The van der Waals surface area contributed by atoms with Crippen molar-refractivity contribution in [2.45, 2.75) is 0 Å². The minimum atomic E-state index is -0.723. The van der Waals surface area contributed by atoms with Crippen molar-refractivity contribution >= 4 is 17.6 Å². The van der Waals surface area contributed by atoms with E-state index in [1.807, 2.05) is 30.3 Å². The lowest BCUT2D eigenvalue weighted by Crippen LogP contribution is -1.95. The Labute approximate surface area is 108 Å². The van der Waals surface area contributed by atoms with Crippen LogP contribution in [0, 0.1) is 15.9 Å². The van der Waals surface area contributed by atoms with Crippen molar-refractivity contribution in [2.75, 3.05) is 5.43 Å². The van der Waals surface area contributed by atoms with Gasteiger partial charge in [-0.1, -0.05) is 30.3 Å². The lowest BCUT2D eigenvalue weighted by atomic mass is 10.2. The van der Waals surface area contributed by atoms with Crippen LogP contribution in [0.15, 0.2) is 53.6 Å². The standard InChI is InChI=1S/C13H10FN3O2/c14-12-8-11(17(18)19)6-7-13(12)16-15-9-10-4-2-1-3-5-10/h1-9,16H/b15-9-. The van der Waals surface area contributed by atoms with E-state index in [1.54, 1.807) is 0 Å². The van der Waals surface area contributed by atoms with Gasteiger partial charge in [0.15, 0.2) is 5.82 Å². The molecular formula is C13H10FN3O2. The lowest BCUT2D eigenvalue weighted by molar-refractivity contribution is -0.385. The molecule has 96 valence electrons. The molecule has 0 bridgehead atoms. The molecule has 0 unspecified atom stereocenters. The lowest BCUT2D eigenvalue weighted by Gasteiger charge is -2.01. The number of benzene rings is 2. The summed E-state index contributed by atoms with van der Waals surface area (Å²) in [5, 5.41) is 14.3. The second-order valence-corrected chi connectivity index (χ2v) is 3.70. The maximum atomic E-state index is 13.5. The fraction of sp³-hybridized carbons (Fsp3) is 0. The number of nitrogens with zero attached hydrogens (tertiary/aromatic N) is 2. The van der Waals surface area contributed by atoms with Crippen molar-refractivity contribution < 1.29 is 9.31 Å². The van der Waals surface area contributed by atoms with Gasteiger partial charge in [0.2, 0.25) is 0 Å². The number of rotatable bonds is 4. The maximum Gasteiger partial charge on any atom is 0.272 e. The summed E-state index contributed by atoms with van der Waals surface area (Å²) in [5.41, 5.74) is 3.14. The molecule has 0 aliphatic heterocycles. The fourth-order valence-corrected chi connectivity index (χ4v) is 1.42. The summed E-state index contributed by atoms with van der Waals surface area (Å²) in [5.74, 6) is -0.723. The van der Waals surface area contributed by atoms with E-state index >= 15 is 0 Å². The first kappa shape index (κ1) is 12.7. The summed E-state index contributed by atoms with van der Waals surface area (Å²) < 4.78 is 13.5. The Morgan fingerprint density at radius 3 is 2.58 bits per heavy atom. The zero-order chi connectivity index (χ0) is 13.7. The average Bonchev–Trinajstić information content (AvgIpc) is 2.41. The number of halogens is 1. The number of hydrazone groups is 1. The maximum absolute atomic E-state index is 13.5. The van der Waals surface area contributed by atoms with Gasteiger partial charge in [0, 0.05) is 6.07 Å². The van der Waals surface area contributed by atoms with Gasteiger partial charge in [0.25, 0.3) is 5.69 Å². The molecule has 2 aromatic rings. The van der Waals surface area contributed by atoms with Crippen LogP contribution in [0.25, 0.3) is 0 Å². The van der Waals surface area contributed by atoms with Gasteiger partial charge in [-0.2, -0.15) is 5.10 Å². The molecule has 0 spiro atoms. The highest BCUT2D eigenvalue weighted by Gasteiger charge is 2.09. The molecule has 0 heterocycles. The molecule has 5 nitrogen and oxygen atoms in total. The van der Waals surface area contributed by atoms with Gasteiger partial charge in [0.05, 0.1) is 22.9 Å². The third kappa shape index (κ3) is 3.35. The highest BCUT2D eigenvalue weighted by Crippen LogP contribution is 2.20. The summed E-state index contributed by atoms with van der Waals surface area (Å²) in [6, 6.07) is 12.6. The first-order valence-corrected chi connectivity index (χ1v) is 5.45. The van der Waals surface area contributed by atoms with E-state index in [9.17, 15) is 14.5 Å².